The highest BCUT2D eigenvalue weighted by Crippen LogP contribution is 2.55. The Bertz CT molecular complexity index is 3170. The lowest BCUT2D eigenvalue weighted by Gasteiger charge is -2.18. The molecule has 0 aliphatic heterocycles. The molecule has 48 heavy (non-hydrogen) atoms. The number of rotatable bonds is 0. The van der Waals surface area contributed by atoms with E-state index in [0.717, 1.165) is 0 Å². The zero-order valence-corrected chi connectivity index (χ0v) is 27.6. The second kappa shape index (κ2) is 8.35. The smallest absolute Gasteiger partial charge is 0.0559 e. The highest BCUT2D eigenvalue weighted by Gasteiger charge is 2.27. The highest BCUT2D eigenvalue weighted by molar-refractivity contribution is 7.10. The third kappa shape index (κ3) is 2.70. The van der Waals surface area contributed by atoms with Crippen molar-refractivity contribution in [3.8, 4) is 0 Å². The number of H-pyrrole nitrogens is 3. The second-order valence-corrected chi connectivity index (χ2v) is 15.3. The molecule has 0 radical (unpaired) electrons. The molecule has 6 heteroatoms. The van der Waals surface area contributed by atoms with E-state index in [4.69, 9.17) is 0 Å². The van der Waals surface area contributed by atoms with Crippen molar-refractivity contribution < 1.29 is 0 Å². The molecule has 0 bridgehead atoms. The number of nitrogens with one attached hydrogen (secondary N) is 3. The Labute approximate surface area is 282 Å². The Morgan fingerprint density at radius 3 is 0.896 bits per heavy atom. The summed E-state index contributed by atoms with van der Waals surface area (Å²) in [5.74, 6) is 0. The van der Waals surface area contributed by atoms with Gasteiger partial charge in [0.1, 0.15) is 0 Å². The molecule has 0 amide bonds. The van der Waals surface area contributed by atoms with E-state index in [2.05, 4.69) is 120 Å². The first-order chi connectivity index (χ1) is 23.8. The van der Waals surface area contributed by atoms with Crippen LogP contribution in [0.4, 0.5) is 0 Å². The molecule has 0 saturated heterocycles. The molecule has 13 aromatic rings. The molecule has 0 atom stereocenters. The van der Waals surface area contributed by atoms with Crippen LogP contribution in [0.3, 0.4) is 0 Å². The molecule has 3 N–H and O–H groups in total. The molecule has 13 rings (SSSR count). The van der Waals surface area contributed by atoms with Crippen LogP contribution in [0.1, 0.15) is 0 Å². The van der Waals surface area contributed by atoms with Crippen molar-refractivity contribution in [1.82, 2.24) is 15.0 Å². The summed E-state index contributed by atoms with van der Waals surface area (Å²) in [6.45, 7) is 0. The number of para-hydroxylation sites is 3. The van der Waals surface area contributed by atoms with Crippen LogP contribution in [0, 0.1) is 0 Å². The van der Waals surface area contributed by atoms with Gasteiger partial charge < -0.3 is 15.0 Å². The monoisotopic (exact) mass is 663 g/mol. The van der Waals surface area contributed by atoms with Gasteiger partial charge in [0.15, 0.2) is 0 Å². The van der Waals surface area contributed by atoms with Gasteiger partial charge in [0.05, 0.1) is 16.6 Å². The number of benzene rings is 7. The molecule has 6 heterocycles. The summed E-state index contributed by atoms with van der Waals surface area (Å²) in [4.78, 5) is 11.7. The number of hydrogen-bond acceptors (Lipinski definition) is 3. The SMILES string of the molecule is c1ccc2c(c1)[nH]c1c3cscc3c3c(c21)c1c2cscc2c2[nH]c4ccccc4c2c1c1c2cscc2c2[nH]c4ccccc4c2c31. The van der Waals surface area contributed by atoms with Crippen LogP contribution in [0.25, 0.3) is 130 Å². The van der Waals surface area contributed by atoms with Crippen molar-refractivity contribution in [2.75, 3.05) is 0 Å². The van der Waals surface area contributed by atoms with Gasteiger partial charge >= 0.3 is 0 Å². The van der Waals surface area contributed by atoms with E-state index >= 15 is 0 Å². The van der Waals surface area contributed by atoms with E-state index in [1.807, 2.05) is 0 Å². The Morgan fingerprint density at radius 1 is 0.271 bits per heavy atom. The van der Waals surface area contributed by atoms with E-state index in [0.29, 0.717) is 0 Å². The minimum absolute atomic E-state index is 1.18. The second-order valence-electron chi connectivity index (χ2n) is 13.1. The zero-order valence-electron chi connectivity index (χ0n) is 25.1. The van der Waals surface area contributed by atoms with Crippen molar-refractivity contribution in [2.45, 2.75) is 0 Å². The summed E-state index contributed by atoms with van der Waals surface area (Å²) in [6.07, 6.45) is 0. The van der Waals surface area contributed by atoms with Crippen molar-refractivity contribution >= 4 is 164 Å². The van der Waals surface area contributed by atoms with Gasteiger partial charge in [0, 0.05) is 130 Å². The fourth-order valence-electron chi connectivity index (χ4n) is 9.17. The van der Waals surface area contributed by atoms with E-state index < -0.39 is 0 Å². The maximum absolute atomic E-state index is 3.90. The van der Waals surface area contributed by atoms with Crippen LogP contribution in [0.15, 0.2) is 105 Å². The molecule has 3 nitrogen and oxygen atoms in total. The van der Waals surface area contributed by atoms with Crippen molar-refractivity contribution in [2.24, 2.45) is 0 Å². The summed E-state index contributed by atoms with van der Waals surface area (Å²) in [5, 5.41) is 38.0. The molecule has 222 valence electrons. The van der Waals surface area contributed by atoms with Crippen LogP contribution >= 0.6 is 34.0 Å². The predicted molar refractivity (Wildman–Crippen MR) is 213 cm³/mol. The highest BCUT2D eigenvalue weighted by atomic mass is 32.1. The van der Waals surface area contributed by atoms with Crippen LogP contribution in [0.2, 0.25) is 0 Å². The zero-order chi connectivity index (χ0) is 30.8. The summed E-state index contributed by atoms with van der Waals surface area (Å²) in [7, 11) is 0. The van der Waals surface area contributed by atoms with Crippen molar-refractivity contribution in [3.05, 3.63) is 105 Å². The van der Waals surface area contributed by atoms with Gasteiger partial charge in [-0.2, -0.15) is 34.0 Å². The van der Waals surface area contributed by atoms with Gasteiger partial charge in [-0.3, -0.25) is 0 Å². The summed E-state index contributed by atoms with van der Waals surface area (Å²) < 4.78 is 0. The Balaban J connectivity index is 1.56. The van der Waals surface area contributed by atoms with Gasteiger partial charge in [-0.15, -0.1) is 0 Å². The standard InChI is InChI=1S/C42H21N3S3/c1-4-10-28-19(7-1)34-37-31(22-13-46-16-25(22)40(34)43-28)38-33(24-15-48-18-27(24)42-35(38)20-8-2-6-12-30(20)45-42)39-32(37)23-14-47-17-26(23)41-36(39)21-9-3-5-11-29(21)44-41/h1-18,43-45H. The lowest BCUT2D eigenvalue weighted by atomic mass is 9.83. The van der Waals surface area contributed by atoms with E-state index in [1.165, 1.54) is 130 Å². The largest absolute Gasteiger partial charge is 0.354 e. The van der Waals surface area contributed by atoms with E-state index in [1.54, 1.807) is 34.0 Å². The van der Waals surface area contributed by atoms with Gasteiger partial charge in [0.25, 0.3) is 0 Å². The first-order valence-corrected chi connectivity index (χ1v) is 19.0. The Hall–Kier alpha value is -5.40. The number of fused-ring (bicyclic) bond motifs is 27. The molecule has 6 aromatic heterocycles. The van der Waals surface area contributed by atoms with Gasteiger partial charge in [-0.1, -0.05) is 54.6 Å². The van der Waals surface area contributed by atoms with Crippen molar-refractivity contribution in [1.29, 1.82) is 0 Å². The number of aromatic nitrogens is 3. The topological polar surface area (TPSA) is 47.4 Å². The van der Waals surface area contributed by atoms with Crippen LogP contribution in [0.5, 0.6) is 0 Å². The molecule has 0 fully saturated rings. The molecule has 0 saturated carbocycles. The minimum atomic E-state index is 1.18. The lowest BCUT2D eigenvalue weighted by molar-refractivity contribution is 1.57. The predicted octanol–water partition coefficient (Wildman–Crippen LogP) is 13.7. The maximum Gasteiger partial charge on any atom is 0.0559 e. The maximum atomic E-state index is 3.90. The van der Waals surface area contributed by atoms with Crippen molar-refractivity contribution in [3.63, 3.8) is 0 Å². The average Bonchev–Trinajstić information content (AvgIpc) is 3.97. The molecule has 0 unspecified atom stereocenters. The quantitative estimate of drug-likeness (QED) is 0.135. The normalized spacial score (nSPS) is 13.0. The Morgan fingerprint density at radius 2 is 0.562 bits per heavy atom. The Kier molecular flexibility index (Phi) is 4.30. The van der Waals surface area contributed by atoms with Crippen LogP contribution < -0.4 is 0 Å². The van der Waals surface area contributed by atoms with Crippen LogP contribution in [-0.4, -0.2) is 15.0 Å². The third-order valence-corrected chi connectivity index (χ3v) is 13.2. The first kappa shape index (κ1) is 24.7. The molecular weight excluding hydrogens is 643 g/mol. The molecular formula is C42H21N3S3. The first-order valence-electron chi connectivity index (χ1n) is 16.1. The minimum Gasteiger partial charge on any atom is -0.354 e. The fraction of sp³-hybridized carbons (Fsp3) is 0. The van der Waals surface area contributed by atoms with Gasteiger partial charge in [-0.25, -0.2) is 0 Å². The van der Waals surface area contributed by atoms with Crippen LogP contribution in [-0.2, 0) is 0 Å². The third-order valence-electron chi connectivity index (χ3n) is 11.0. The number of thiophene rings is 3. The van der Waals surface area contributed by atoms with Gasteiger partial charge in [0.2, 0.25) is 0 Å². The lowest BCUT2D eigenvalue weighted by Crippen LogP contribution is -1.90. The van der Waals surface area contributed by atoms with E-state index in [-0.39, 0.29) is 0 Å². The summed E-state index contributed by atoms with van der Waals surface area (Å²) in [5.41, 5.74) is 7.24. The van der Waals surface area contributed by atoms with Gasteiger partial charge in [-0.05, 0) is 34.3 Å². The molecule has 0 aliphatic rings. The number of aromatic amines is 3. The fourth-order valence-corrected chi connectivity index (χ4v) is 11.7. The summed E-state index contributed by atoms with van der Waals surface area (Å²) in [6, 6.07) is 26.6. The number of hydrogen-bond donors (Lipinski definition) is 3. The van der Waals surface area contributed by atoms with E-state index in [9.17, 15) is 0 Å². The molecule has 7 aromatic carbocycles. The average molecular weight is 664 g/mol. The molecule has 0 aliphatic carbocycles. The molecule has 0 spiro atoms. The summed E-state index contributed by atoms with van der Waals surface area (Å²) >= 11 is 5.42.